The van der Waals surface area contributed by atoms with Gasteiger partial charge in [0, 0.05) is 33.1 Å². The first-order valence-corrected chi connectivity index (χ1v) is 14.1. The highest BCUT2D eigenvalue weighted by Crippen LogP contribution is 2.33. The van der Waals surface area contributed by atoms with Crippen LogP contribution in [0.3, 0.4) is 0 Å². The number of nitrogens with zero attached hydrogens (tertiary/aromatic N) is 1. The molecule has 0 aliphatic rings. The maximum atomic E-state index is 13.3. The van der Waals surface area contributed by atoms with Crippen molar-refractivity contribution in [2.75, 3.05) is 23.1 Å². The predicted octanol–water partition coefficient (Wildman–Crippen LogP) is 6.55. The van der Waals surface area contributed by atoms with Crippen molar-refractivity contribution in [3.63, 3.8) is 0 Å². The zero-order valence-corrected chi connectivity index (χ0v) is 22.3. The van der Waals surface area contributed by atoms with Crippen molar-refractivity contribution < 1.29 is 13.2 Å². The third-order valence-corrected chi connectivity index (χ3v) is 8.56. The molecule has 0 atom stereocenters. The summed E-state index contributed by atoms with van der Waals surface area (Å²) < 4.78 is 27.6. The number of benzene rings is 3. The molecule has 0 saturated carbocycles. The van der Waals surface area contributed by atoms with Gasteiger partial charge in [0.25, 0.3) is 10.0 Å². The number of rotatable bonds is 10. The normalized spacial score (nSPS) is 11.3. The molecular formula is C23H20Cl4N2O3S2. The Hall–Kier alpha value is -1.61. The van der Waals surface area contributed by atoms with E-state index in [1.807, 2.05) is 6.07 Å². The van der Waals surface area contributed by atoms with E-state index in [9.17, 15) is 13.2 Å². The highest BCUT2D eigenvalue weighted by molar-refractivity contribution is 7.98. The first-order chi connectivity index (χ1) is 16.2. The molecule has 0 heterocycles. The molecule has 5 nitrogen and oxygen atoms in total. The Bertz CT molecular complexity index is 1260. The molecule has 1 amide bonds. The fourth-order valence-corrected chi connectivity index (χ4v) is 6.27. The van der Waals surface area contributed by atoms with Crippen molar-refractivity contribution in [2.45, 2.75) is 10.6 Å². The van der Waals surface area contributed by atoms with Gasteiger partial charge in [-0.15, -0.1) is 0 Å². The summed E-state index contributed by atoms with van der Waals surface area (Å²) in [7, 11) is -4.07. The molecule has 180 valence electrons. The third-order valence-electron chi connectivity index (χ3n) is 4.64. The summed E-state index contributed by atoms with van der Waals surface area (Å²) in [6.45, 7) is -0.109. The minimum Gasteiger partial charge on any atom is -0.354 e. The van der Waals surface area contributed by atoms with Gasteiger partial charge in [0.2, 0.25) is 5.91 Å². The second kappa shape index (κ2) is 12.4. The molecule has 0 spiro atoms. The lowest BCUT2D eigenvalue weighted by Gasteiger charge is -2.25. The molecule has 11 heteroatoms. The smallest absolute Gasteiger partial charge is 0.264 e. The Morgan fingerprint density at radius 3 is 2.26 bits per heavy atom. The quantitative estimate of drug-likeness (QED) is 0.278. The molecule has 3 rings (SSSR count). The van der Waals surface area contributed by atoms with Crippen LogP contribution in [0, 0.1) is 0 Å². The summed E-state index contributed by atoms with van der Waals surface area (Å²) in [6, 6.07) is 17.6. The number of sulfonamides is 1. The number of amides is 1. The molecule has 0 radical (unpaired) electrons. The largest absolute Gasteiger partial charge is 0.354 e. The van der Waals surface area contributed by atoms with E-state index in [-0.39, 0.29) is 15.6 Å². The highest BCUT2D eigenvalue weighted by Gasteiger charge is 2.28. The van der Waals surface area contributed by atoms with Crippen LogP contribution >= 0.6 is 58.2 Å². The second-order valence-electron chi connectivity index (χ2n) is 7.06. The molecule has 34 heavy (non-hydrogen) atoms. The van der Waals surface area contributed by atoms with Crippen molar-refractivity contribution >= 4 is 79.8 Å². The van der Waals surface area contributed by atoms with Crippen LogP contribution in [-0.2, 0) is 20.6 Å². The van der Waals surface area contributed by atoms with Crippen LogP contribution in [0.2, 0.25) is 20.1 Å². The van der Waals surface area contributed by atoms with Gasteiger partial charge in [-0.25, -0.2) is 8.42 Å². The number of hydrogen-bond acceptors (Lipinski definition) is 4. The number of halogens is 4. The standard InChI is InChI=1S/C23H20Cl4N2O3S2/c24-17-7-6-16(21(27)12-17)15-33-11-10-28-23(30)14-29(22-13-18(25)8-9-20(22)26)34(31,32)19-4-2-1-3-5-19/h1-9,12-13H,10-11,14-15H2,(H,28,30). The molecule has 0 aliphatic carbocycles. The third kappa shape index (κ3) is 7.20. The molecule has 0 aliphatic heterocycles. The van der Waals surface area contributed by atoms with E-state index in [2.05, 4.69) is 5.32 Å². The number of thioether (sulfide) groups is 1. The van der Waals surface area contributed by atoms with Gasteiger partial charge in [0.15, 0.2) is 0 Å². The van der Waals surface area contributed by atoms with Crippen LogP contribution in [-0.4, -0.2) is 33.2 Å². The maximum absolute atomic E-state index is 13.3. The second-order valence-corrected chi connectivity index (χ2v) is 11.7. The number of nitrogens with one attached hydrogen (secondary N) is 1. The van der Waals surface area contributed by atoms with Crippen LogP contribution < -0.4 is 9.62 Å². The Morgan fingerprint density at radius 1 is 0.882 bits per heavy atom. The molecule has 3 aromatic carbocycles. The average Bonchev–Trinajstić information content (AvgIpc) is 2.80. The van der Waals surface area contributed by atoms with Crippen LogP contribution in [0.4, 0.5) is 5.69 Å². The Balaban J connectivity index is 1.66. The van der Waals surface area contributed by atoms with Crippen LogP contribution in [0.15, 0.2) is 71.6 Å². The van der Waals surface area contributed by atoms with Gasteiger partial charge in [-0.1, -0.05) is 70.7 Å². The van der Waals surface area contributed by atoms with E-state index in [4.69, 9.17) is 46.4 Å². The topological polar surface area (TPSA) is 66.5 Å². The molecule has 0 saturated heterocycles. The summed E-state index contributed by atoms with van der Waals surface area (Å²) in [5.41, 5.74) is 1.07. The van der Waals surface area contributed by atoms with E-state index in [0.717, 1.165) is 9.87 Å². The van der Waals surface area contributed by atoms with Crippen molar-refractivity contribution in [2.24, 2.45) is 0 Å². The van der Waals surface area contributed by atoms with Gasteiger partial charge in [-0.2, -0.15) is 11.8 Å². The lowest BCUT2D eigenvalue weighted by atomic mass is 10.2. The molecule has 1 N–H and O–H groups in total. The van der Waals surface area contributed by atoms with Crippen molar-refractivity contribution in [1.29, 1.82) is 0 Å². The Labute approximate surface area is 223 Å². The molecule has 0 bridgehead atoms. The zero-order valence-electron chi connectivity index (χ0n) is 17.7. The first kappa shape index (κ1) is 27.0. The lowest BCUT2D eigenvalue weighted by molar-refractivity contribution is -0.119. The molecular weight excluding hydrogens is 558 g/mol. The molecule has 0 unspecified atom stereocenters. The number of carbonyl (C=O) groups excluding carboxylic acids is 1. The van der Waals surface area contributed by atoms with Crippen LogP contribution in [0.5, 0.6) is 0 Å². The fourth-order valence-electron chi connectivity index (χ4n) is 2.97. The van der Waals surface area contributed by atoms with Gasteiger partial charge in [-0.05, 0) is 48.0 Å². The summed E-state index contributed by atoms with van der Waals surface area (Å²) >= 11 is 26.0. The van der Waals surface area contributed by atoms with Crippen molar-refractivity contribution in [1.82, 2.24) is 5.32 Å². The predicted molar refractivity (Wildman–Crippen MR) is 143 cm³/mol. The van der Waals surface area contributed by atoms with Crippen LogP contribution in [0.1, 0.15) is 5.56 Å². The van der Waals surface area contributed by atoms with Crippen LogP contribution in [0.25, 0.3) is 0 Å². The number of anilines is 1. The Kier molecular flexibility index (Phi) is 9.83. The summed E-state index contributed by atoms with van der Waals surface area (Å²) in [5, 5.41) is 4.37. The fraction of sp³-hybridized carbons (Fsp3) is 0.174. The van der Waals surface area contributed by atoms with Gasteiger partial charge < -0.3 is 5.32 Å². The maximum Gasteiger partial charge on any atom is 0.264 e. The van der Waals surface area contributed by atoms with E-state index in [1.54, 1.807) is 48.2 Å². The minimum atomic E-state index is -4.07. The van der Waals surface area contributed by atoms with Gasteiger partial charge in [0.1, 0.15) is 6.54 Å². The van der Waals surface area contributed by atoms with E-state index < -0.39 is 22.5 Å². The van der Waals surface area contributed by atoms with E-state index in [0.29, 0.717) is 33.1 Å². The minimum absolute atomic E-state index is 0.0363. The number of hydrogen-bond donors (Lipinski definition) is 1. The SMILES string of the molecule is O=C(CN(c1cc(Cl)ccc1Cl)S(=O)(=O)c1ccccc1)NCCSCc1ccc(Cl)cc1Cl. The van der Waals surface area contributed by atoms with Crippen molar-refractivity contribution in [3.8, 4) is 0 Å². The van der Waals surface area contributed by atoms with E-state index >= 15 is 0 Å². The summed E-state index contributed by atoms with van der Waals surface area (Å²) in [4.78, 5) is 12.7. The summed E-state index contributed by atoms with van der Waals surface area (Å²) in [6.07, 6.45) is 0. The lowest BCUT2D eigenvalue weighted by Crippen LogP contribution is -2.41. The monoisotopic (exact) mass is 576 g/mol. The zero-order chi connectivity index (χ0) is 24.7. The molecule has 3 aromatic rings. The first-order valence-electron chi connectivity index (χ1n) is 9.99. The van der Waals surface area contributed by atoms with Gasteiger partial charge >= 0.3 is 0 Å². The van der Waals surface area contributed by atoms with E-state index in [1.165, 1.54) is 24.3 Å². The number of carbonyl (C=O) groups is 1. The van der Waals surface area contributed by atoms with Crippen molar-refractivity contribution in [3.05, 3.63) is 92.4 Å². The van der Waals surface area contributed by atoms with Gasteiger partial charge in [0.05, 0.1) is 15.6 Å². The highest BCUT2D eigenvalue weighted by atomic mass is 35.5. The average molecular weight is 578 g/mol. The summed E-state index contributed by atoms with van der Waals surface area (Å²) in [5.74, 6) is 0.785. The van der Waals surface area contributed by atoms with Gasteiger partial charge in [-0.3, -0.25) is 9.10 Å². The Morgan fingerprint density at radius 2 is 1.56 bits per heavy atom. The molecule has 0 aromatic heterocycles. The molecule has 0 fully saturated rings.